The molecule has 3 rings (SSSR count). The summed E-state index contributed by atoms with van der Waals surface area (Å²) in [5, 5.41) is 0.876. The fourth-order valence-electron chi connectivity index (χ4n) is 2.30. The number of hydrogen-bond donors (Lipinski definition) is 1. The summed E-state index contributed by atoms with van der Waals surface area (Å²) in [5.41, 5.74) is 8.46. The highest BCUT2D eigenvalue weighted by atomic mass is 35.5. The van der Waals surface area contributed by atoms with Crippen molar-refractivity contribution in [3.63, 3.8) is 0 Å². The molecule has 3 nitrogen and oxygen atoms in total. The van der Waals surface area contributed by atoms with Crippen LogP contribution in [-0.2, 0) is 12.8 Å². The maximum absolute atomic E-state index is 10.6. The molecule has 0 radical (unpaired) electrons. The number of amides is 1. The van der Waals surface area contributed by atoms with Crippen molar-refractivity contribution < 1.29 is 9.53 Å². The van der Waals surface area contributed by atoms with Crippen LogP contribution in [0.4, 0.5) is 0 Å². The summed E-state index contributed by atoms with van der Waals surface area (Å²) in [6.07, 6.45) is 3.76. The standard InChI is InChI=1S/C9H9Cl.C8H9NO2/c10-9-5-4-7-2-1-3-8(7)6-9;1-11-7-4-2-6(3-5-7)8(9)10/h4-6H,1-3H2;2-5H,1H3,(H2,9,10). The molecule has 1 amide bonds. The third-order valence-corrected chi connectivity index (χ3v) is 3.67. The van der Waals surface area contributed by atoms with Gasteiger partial charge < -0.3 is 10.5 Å². The average Bonchev–Trinajstić information content (AvgIpc) is 2.95. The number of carbonyl (C=O) groups is 1. The topological polar surface area (TPSA) is 52.3 Å². The number of ether oxygens (including phenoxy) is 1. The van der Waals surface area contributed by atoms with Crippen molar-refractivity contribution in [1.82, 2.24) is 0 Å². The molecule has 0 heterocycles. The van der Waals surface area contributed by atoms with Gasteiger partial charge in [0.15, 0.2) is 0 Å². The zero-order valence-corrected chi connectivity index (χ0v) is 12.7. The summed E-state index contributed by atoms with van der Waals surface area (Å²) in [7, 11) is 1.57. The van der Waals surface area contributed by atoms with Gasteiger partial charge in [-0.05, 0) is 66.8 Å². The fraction of sp³-hybridized carbons (Fsp3) is 0.235. The Bertz CT molecular complexity index is 623. The van der Waals surface area contributed by atoms with Crippen LogP contribution in [0.2, 0.25) is 5.02 Å². The van der Waals surface area contributed by atoms with Crippen LogP contribution in [0.25, 0.3) is 0 Å². The molecular weight excluding hydrogens is 286 g/mol. The molecule has 4 heteroatoms. The molecular formula is C17H18ClNO2. The second-order valence-electron chi connectivity index (χ2n) is 4.86. The lowest BCUT2D eigenvalue weighted by Crippen LogP contribution is -2.10. The lowest BCUT2D eigenvalue weighted by atomic mass is 10.1. The lowest BCUT2D eigenvalue weighted by molar-refractivity contribution is 0.100. The van der Waals surface area contributed by atoms with Crippen molar-refractivity contribution in [2.24, 2.45) is 5.73 Å². The Hall–Kier alpha value is -2.00. The van der Waals surface area contributed by atoms with E-state index in [-0.39, 0.29) is 0 Å². The van der Waals surface area contributed by atoms with E-state index in [0.29, 0.717) is 5.56 Å². The molecule has 2 aromatic rings. The van der Waals surface area contributed by atoms with Crippen molar-refractivity contribution >= 4 is 17.5 Å². The number of carbonyl (C=O) groups excluding carboxylic acids is 1. The van der Waals surface area contributed by atoms with E-state index in [1.807, 2.05) is 6.07 Å². The fourth-order valence-corrected chi connectivity index (χ4v) is 2.49. The number of benzene rings is 2. The van der Waals surface area contributed by atoms with Gasteiger partial charge in [0.1, 0.15) is 5.75 Å². The first kappa shape index (κ1) is 15.4. The van der Waals surface area contributed by atoms with Crippen molar-refractivity contribution in [2.75, 3.05) is 7.11 Å². The second-order valence-corrected chi connectivity index (χ2v) is 5.30. The van der Waals surface area contributed by atoms with Crippen LogP contribution < -0.4 is 10.5 Å². The normalized spacial score (nSPS) is 12.1. The van der Waals surface area contributed by atoms with E-state index < -0.39 is 5.91 Å². The van der Waals surface area contributed by atoms with Crippen LogP contribution in [-0.4, -0.2) is 13.0 Å². The molecule has 0 saturated heterocycles. The zero-order chi connectivity index (χ0) is 15.2. The second kappa shape index (κ2) is 7.14. The molecule has 0 unspecified atom stereocenters. The average molecular weight is 304 g/mol. The quantitative estimate of drug-likeness (QED) is 0.921. The number of aryl methyl sites for hydroxylation is 2. The van der Waals surface area contributed by atoms with Gasteiger partial charge >= 0.3 is 0 Å². The van der Waals surface area contributed by atoms with Gasteiger partial charge in [0.2, 0.25) is 5.91 Å². The Balaban J connectivity index is 0.000000154. The van der Waals surface area contributed by atoms with Crippen molar-refractivity contribution in [3.8, 4) is 5.75 Å². The summed E-state index contributed by atoms with van der Waals surface area (Å²) in [4.78, 5) is 10.6. The molecule has 1 aliphatic rings. The minimum Gasteiger partial charge on any atom is -0.497 e. The van der Waals surface area contributed by atoms with E-state index in [9.17, 15) is 4.79 Å². The maximum atomic E-state index is 10.6. The van der Waals surface area contributed by atoms with E-state index in [1.165, 1.54) is 30.4 Å². The van der Waals surface area contributed by atoms with Crippen LogP contribution in [0.15, 0.2) is 42.5 Å². The zero-order valence-electron chi connectivity index (χ0n) is 11.9. The number of rotatable bonds is 2. The third kappa shape index (κ3) is 4.23. The molecule has 0 bridgehead atoms. The summed E-state index contributed by atoms with van der Waals surface area (Å²) < 4.78 is 4.90. The van der Waals surface area contributed by atoms with Crippen LogP contribution in [0, 0.1) is 0 Å². The predicted molar refractivity (Wildman–Crippen MR) is 85.0 cm³/mol. The van der Waals surface area contributed by atoms with Crippen molar-refractivity contribution in [3.05, 3.63) is 64.2 Å². The number of hydrogen-bond acceptors (Lipinski definition) is 2. The van der Waals surface area contributed by atoms with Crippen LogP contribution >= 0.6 is 11.6 Å². The smallest absolute Gasteiger partial charge is 0.248 e. The van der Waals surface area contributed by atoms with Crippen LogP contribution in [0.3, 0.4) is 0 Å². The monoisotopic (exact) mass is 303 g/mol. The lowest BCUT2D eigenvalue weighted by Gasteiger charge is -1.98. The first-order valence-corrected chi connectivity index (χ1v) is 7.19. The molecule has 2 aromatic carbocycles. The molecule has 1 aliphatic carbocycles. The van der Waals surface area contributed by atoms with Crippen molar-refractivity contribution in [2.45, 2.75) is 19.3 Å². The molecule has 0 atom stereocenters. The van der Waals surface area contributed by atoms with Gasteiger partial charge in [0.25, 0.3) is 0 Å². The third-order valence-electron chi connectivity index (χ3n) is 3.44. The SMILES string of the molecule is COc1ccc(C(N)=O)cc1.Clc1ccc2c(c1)CCC2. The number of fused-ring (bicyclic) bond motifs is 1. The predicted octanol–water partition coefficient (Wildman–Crippen LogP) is 3.62. The largest absolute Gasteiger partial charge is 0.497 e. The molecule has 110 valence electrons. The molecule has 2 N–H and O–H groups in total. The van der Waals surface area contributed by atoms with E-state index >= 15 is 0 Å². The van der Waals surface area contributed by atoms with Gasteiger partial charge in [0, 0.05) is 10.6 Å². The Morgan fingerprint density at radius 3 is 2.38 bits per heavy atom. The minimum atomic E-state index is -0.423. The highest BCUT2D eigenvalue weighted by Gasteiger charge is 2.09. The summed E-state index contributed by atoms with van der Waals surface area (Å²) >= 11 is 5.82. The highest BCUT2D eigenvalue weighted by molar-refractivity contribution is 6.30. The number of methoxy groups -OCH3 is 1. The van der Waals surface area contributed by atoms with E-state index in [2.05, 4.69) is 12.1 Å². The molecule has 0 saturated carbocycles. The van der Waals surface area contributed by atoms with E-state index in [0.717, 1.165) is 10.8 Å². The first-order valence-electron chi connectivity index (χ1n) is 6.81. The van der Waals surface area contributed by atoms with Gasteiger partial charge in [-0.25, -0.2) is 0 Å². The Morgan fingerprint density at radius 1 is 1.10 bits per heavy atom. The van der Waals surface area contributed by atoms with Gasteiger partial charge in [-0.15, -0.1) is 0 Å². The molecule has 21 heavy (non-hydrogen) atoms. The molecule has 0 aromatic heterocycles. The number of nitrogens with two attached hydrogens (primary N) is 1. The molecule has 0 fully saturated rings. The molecule has 0 spiro atoms. The van der Waals surface area contributed by atoms with Gasteiger partial charge in [0.05, 0.1) is 7.11 Å². The highest BCUT2D eigenvalue weighted by Crippen LogP contribution is 2.24. The van der Waals surface area contributed by atoms with Crippen LogP contribution in [0.1, 0.15) is 27.9 Å². The summed E-state index contributed by atoms with van der Waals surface area (Å²) in [6.45, 7) is 0. The Kier molecular flexibility index (Phi) is 5.23. The van der Waals surface area contributed by atoms with E-state index in [4.69, 9.17) is 22.1 Å². The number of primary amides is 1. The number of halogens is 1. The maximum Gasteiger partial charge on any atom is 0.248 e. The first-order chi connectivity index (χ1) is 10.1. The van der Waals surface area contributed by atoms with Crippen LogP contribution in [0.5, 0.6) is 5.75 Å². The van der Waals surface area contributed by atoms with Gasteiger partial charge in [-0.2, -0.15) is 0 Å². The molecule has 0 aliphatic heterocycles. The van der Waals surface area contributed by atoms with E-state index in [1.54, 1.807) is 31.4 Å². The summed E-state index contributed by atoms with van der Waals surface area (Å²) in [6, 6.07) is 12.8. The Labute approximate surface area is 129 Å². The minimum absolute atomic E-state index is 0.423. The Morgan fingerprint density at radius 2 is 1.76 bits per heavy atom. The van der Waals surface area contributed by atoms with Gasteiger partial charge in [-0.1, -0.05) is 17.7 Å². The van der Waals surface area contributed by atoms with Crippen molar-refractivity contribution in [1.29, 1.82) is 0 Å². The van der Waals surface area contributed by atoms with Gasteiger partial charge in [-0.3, -0.25) is 4.79 Å². The summed E-state index contributed by atoms with van der Waals surface area (Å²) in [5.74, 6) is 0.294.